The molecule has 2 aliphatic carbocycles. The first-order chi connectivity index (χ1) is 9.74. The molecule has 0 spiro atoms. The van der Waals surface area contributed by atoms with E-state index in [2.05, 4.69) is 20.7 Å². The van der Waals surface area contributed by atoms with Crippen LogP contribution in [0.2, 0.25) is 0 Å². The summed E-state index contributed by atoms with van der Waals surface area (Å²) in [6.07, 6.45) is 7.81. The third kappa shape index (κ3) is 2.86. The number of hydrogen-bond acceptors (Lipinski definition) is 6. The molecule has 0 atom stereocenters. The van der Waals surface area contributed by atoms with Crippen LogP contribution in [0.4, 0.5) is 11.6 Å². The van der Waals surface area contributed by atoms with Crippen LogP contribution in [0.3, 0.4) is 0 Å². The molecule has 5 N–H and O–H groups in total. The predicted octanol–water partition coefficient (Wildman–Crippen LogP) is 1.75. The van der Waals surface area contributed by atoms with Crippen LogP contribution >= 0.6 is 0 Å². The van der Waals surface area contributed by atoms with Crippen LogP contribution in [0.25, 0.3) is 0 Å². The van der Waals surface area contributed by atoms with Crippen molar-refractivity contribution in [3.8, 4) is 0 Å². The summed E-state index contributed by atoms with van der Waals surface area (Å²) in [6.45, 7) is 0.140. The number of anilines is 2. The highest BCUT2D eigenvalue weighted by Crippen LogP contribution is 2.39. The molecular weight excluding hydrogens is 254 g/mol. The first kappa shape index (κ1) is 13.6. The predicted molar refractivity (Wildman–Crippen MR) is 78.3 cm³/mol. The fourth-order valence-corrected chi connectivity index (χ4v) is 2.95. The van der Waals surface area contributed by atoms with Gasteiger partial charge in [0.2, 0.25) is 0 Å². The summed E-state index contributed by atoms with van der Waals surface area (Å²) < 4.78 is 0. The Morgan fingerprint density at radius 1 is 1.20 bits per heavy atom. The molecule has 2 saturated carbocycles. The molecule has 3 rings (SSSR count). The molecule has 0 amide bonds. The van der Waals surface area contributed by atoms with Crippen molar-refractivity contribution in [2.24, 2.45) is 5.84 Å². The van der Waals surface area contributed by atoms with E-state index in [-0.39, 0.29) is 12.1 Å². The van der Waals surface area contributed by atoms with Crippen LogP contribution < -0.4 is 16.6 Å². The maximum atomic E-state index is 9.77. The van der Waals surface area contributed by atoms with Crippen LogP contribution in [0, 0.1) is 0 Å². The molecule has 110 valence electrons. The van der Waals surface area contributed by atoms with E-state index < -0.39 is 0 Å². The van der Waals surface area contributed by atoms with Crippen LogP contribution in [0.1, 0.15) is 56.7 Å². The van der Waals surface area contributed by atoms with E-state index in [4.69, 9.17) is 5.84 Å². The smallest absolute Gasteiger partial charge is 0.145 e. The first-order valence-electron chi connectivity index (χ1n) is 7.49. The molecule has 1 aromatic heterocycles. The lowest BCUT2D eigenvalue weighted by Crippen LogP contribution is -2.44. The Morgan fingerprint density at radius 3 is 2.50 bits per heavy atom. The molecule has 1 aromatic rings. The molecule has 0 aromatic carbocycles. The number of nitrogens with one attached hydrogen (secondary N) is 2. The normalized spacial score (nSPS) is 21.5. The Bertz CT molecular complexity index is 469. The zero-order chi connectivity index (χ0) is 14.0. The van der Waals surface area contributed by atoms with Gasteiger partial charge >= 0.3 is 0 Å². The topological polar surface area (TPSA) is 96.1 Å². The van der Waals surface area contributed by atoms with Gasteiger partial charge in [-0.15, -0.1) is 0 Å². The van der Waals surface area contributed by atoms with E-state index in [1.165, 1.54) is 6.42 Å². The number of nitrogens with two attached hydrogens (primary N) is 1. The van der Waals surface area contributed by atoms with E-state index in [9.17, 15) is 5.11 Å². The van der Waals surface area contributed by atoms with Crippen molar-refractivity contribution in [3.05, 3.63) is 11.9 Å². The quantitative estimate of drug-likeness (QED) is 0.484. The standard InChI is InChI=1S/C14H23N5O/c15-19-12-8-11(16-13(17-12)10-4-5-10)18-14(9-20)6-2-1-3-7-14/h8,10,20H,1-7,9,15H2,(H2,16,17,18,19). The number of hydrogen-bond donors (Lipinski definition) is 4. The molecular formula is C14H23N5O. The van der Waals surface area contributed by atoms with Crippen molar-refractivity contribution in [1.82, 2.24) is 9.97 Å². The lowest BCUT2D eigenvalue weighted by Gasteiger charge is -2.37. The summed E-state index contributed by atoms with van der Waals surface area (Å²) in [4.78, 5) is 9.01. The van der Waals surface area contributed by atoms with Gasteiger partial charge in [0, 0.05) is 12.0 Å². The second kappa shape index (κ2) is 5.54. The van der Waals surface area contributed by atoms with Crippen LogP contribution in [0.15, 0.2) is 6.07 Å². The molecule has 2 fully saturated rings. The second-order valence-electron chi connectivity index (χ2n) is 6.04. The van der Waals surface area contributed by atoms with Gasteiger partial charge in [-0.3, -0.25) is 0 Å². The lowest BCUT2D eigenvalue weighted by atomic mass is 9.82. The molecule has 2 aliphatic rings. The number of aromatic nitrogens is 2. The van der Waals surface area contributed by atoms with Gasteiger partial charge in [-0.1, -0.05) is 19.3 Å². The Hall–Kier alpha value is -1.40. The summed E-state index contributed by atoms with van der Waals surface area (Å²) in [6, 6.07) is 1.82. The maximum Gasteiger partial charge on any atom is 0.145 e. The minimum atomic E-state index is -0.237. The van der Waals surface area contributed by atoms with Gasteiger partial charge in [-0.25, -0.2) is 15.8 Å². The van der Waals surface area contributed by atoms with Crippen molar-refractivity contribution in [2.45, 2.75) is 56.4 Å². The minimum Gasteiger partial charge on any atom is -0.394 e. The van der Waals surface area contributed by atoms with Crippen molar-refractivity contribution in [3.63, 3.8) is 0 Å². The SMILES string of the molecule is NNc1cc(NC2(CO)CCCCC2)nc(C2CC2)n1. The Morgan fingerprint density at radius 2 is 1.90 bits per heavy atom. The van der Waals surface area contributed by atoms with Gasteiger partial charge in [-0.2, -0.15) is 0 Å². The highest BCUT2D eigenvalue weighted by molar-refractivity contribution is 5.49. The maximum absolute atomic E-state index is 9.77. The number of hydrazine groups is 1. The van der Waals surface area contributed by atoms with Crippen molar-refractivity contribution in [2.75, 3.05) is 17.3 Å². The van der Waals surface area contributed by atoms with Gasteiger partial charge < -0.3 is 15.8 Å². The largest absolute Gasteiger partial charge is 0.394 e. The third-order valence-electron chi connectivity index (χ3n) is 4.34. The van der Waals surface area contributed by atoms with E-state index in [1.54, 1.807) is 0 Å². The van der Waals surface area contributed by atoms with Crippen molar-refractivity contribution < 1.29 is 5.11 Å². The van der Waals surface area contributed by atoms with E-state index in [1.807, 2.05) is 6.07 Å². The number of nitrogen functional groups attached to an aromatic ring is 1. The highest BCUT2D eigenvalue weighted by Gasteiger charge is 2.33. The monoisotopic (exact) mass is 277 g/mol. The molecule has 0 saturated heterocycles. The fraction of sp³-hybridized carbons (Fsp3) is 0.714. The van der Waals surface area contributed by atoms with E-state index >= 15 is 0 Å². The zero-order valence-electron chi connectivity index (χ0n) is 11.7. The van der Waals surface area contributed by atoms with Crippen LogP contribution in [-0.4, -0.2) is 27.2 Å². The second-order valence-corrected chi connectivity index (χ2v) is 6.04. The molecule has 0 bridgehead atoms. The van der Waals surface area contributed by atoms with E-state index in [0.29, 0.717) is 11.7 Å². The van der Waals surface area contributed by atoms with Gasteiger partial charge in [-0.05, 0) is 25.7 Å². The summed E-state index contributed by atoms with van der Waals surface area (Å²) >= 11 is 0. The summed E-state index contributed by atoms with van der Waals surface area (Å²) in [7, 11) is 0. The number of rotatable bonds is 5. The summed E-state index contributed by atoms with van der Waals surface area (Å²) in [5.74, 6) is 8.22. The zero-order valence-corrected chi connectivity index (χ0v) is 11.7. The van der Waals surface area contributed by atoms with Crippen molar-refractivity contribution >= 4 is 11.6 Å². The summed E-state index contributed by atoms with van der Waals surface area (Å²) in [5.41, 5.74) is 2.37. The Labute approximate surface area is 119 Å². The number of aliphatic hydroxyl groups excluding tert-OH is 1. The molecule has 6 nitrogen and oxygen atoms in total. The fourth-order valence-electron chi connectivity index (χ4n) is 2.95. The van der Waals surface area contributed by atoms with Gasteiger partial charge in [0.05, 0.1) is 12.1 Å². The minimum absolute atomic E-state index is 0.140. The Kier molecular flexibility index (Phi) is 3.76. The van der Waals surface area contributed by atoms with Gasteiger partial charge in [0.25, 0.3) is 0 Å². The average Bonchev–Trinajstić information content (AvgIpc) is 3.32. The van der Waals surface area contributed by atoms with Gasteiger partial charge in [0.1, 0.15) is 17.5 Å². The Balaban J connectivity index is 1.83. The number of aliphatic hydroxyl groups is 1. The first-order valence-corrected chi connectivity index (χ1v) is 7.49. The van der Waals surface area contributed by atoms with Crippen LogP contribution in [0.5, 0.6) is 0 Å². The van der Waals surface area contributed by atoms with Crippen molar-refractivity contribution in [1.29, 1.82) is 0 Å². The molecule has 0 unspecified atom stereocenters. The molecule has 0 radical (unpaired) electrons. The number of nitrogens with zero attached hydrogens (tertiary/aromatic N) is 2. The molecule has 1 heterocycles. The van der Waals surface area contributed by atoms with Crippen LogP contribution in [-0.2, 0) is 0 Å². The molecule has 6 heteroatoms. The summed E-state index contributed by atoms with van der Waals surface area (Å²) in [5, 5.41) is 13.2. The molecule has 0 aliphatic heterocycles. The lowest BCUT2D eigenvalue weighted by molar-refractivity contribution is 0.172. The highest BCUT2D eigenvalue weighted by atomic mass is 16.3. The third-order valence-corrected chi connectivity index (χ3v) is 4.34. The van der Waals surface area contributed by atoms with Gasteiger partial charge in [0.15, 0.2) is 0 Å². The average molecular weight is 277 g/mol. The molecule has 20 heavy (non-hydrogen) atoms. The van der Waals surface area contributed by atoms with E-state index in [0.717, 1.165) is 50.2 Å².